The smallest absolute Gasteiger partial charge is 0.319 e. The Balaban J connectivity index is 1.50. The number of nitrogens with zero attached hydrogens (tertiary/aromatic N) is 3. The van der Waals surface area contributed by atoms with Crippen molar-refractivity contribution in [2.45, 2.75) is 13.5 Å². The zero-order valence-electron chi connectivity index (χ0n) is 15.9. The van der Waals surface area contributed by atoms with Gasteiger partial charge in [-0.25, -0.2) is 9.78 Å². The maximum Gasteiger partial charge on any atom is 0.319 e. The molecule has 0 atom stereocenters. The van der Waals surface area contributed by atoms with Gasteiger partial charge in [0.2, 0.25) is 0 Å². The number of anilines is 2. The molecule has 1 saturated heterocycles. The van der Waals surface area contributed by atoms with E-state index >= 15 is 0 Å². The average Bonchev–Trinajstić information content (AvgIpc) is 2.69. The maximum absolute atomic E-state index is 12.1. The van der Waals surface area contributed by atoms with Crippen LogP contribution in [0.4, 0.5) is 16.3 Å². The zero-order chi connectivity index (χ0) is 19.1. The lowest BCUT2D eigenvalue weighted by atomic mass is 10.2. The number of aromatic nitrogens is 1. The maximum atomic E-state index is 12.1. The standard InChI is InChI=1S/C20H27N5O2/c1-3-27-18-6-4-17(5-7-18)23-20(26)22-15-16-8-9-21-19(14-16)25-12-10-24(2)11-13-25/h4-9,14H,3,10-13,15H2,1-2H3,(H2,22,23,26). The summed E-state index contributed by atoms with van der Waals surface area (Å²) in [5, 5.41) is 5.72. The number of benzene rings is 1. The second-order valence-corrected chi connectivity index (χ2v) is 6.58. The number of carbonyl (C=O) groups is 1. The lowest BCUT2D eigenvalue weighted by molar-refractivity contribution is 0.251. The van der Waals surface area contributed by atoms with Gasteiger partial charge in [0.05, 0.1) is 6.61 Å². The molecule has 7 heteroatoms. The van der Waals surface area contributed by atoms with Crippen LogP contribution >= 0.6 is 0 Å². The monoisotopic (exact) mass is 369 g/mol. The van der Waals surface area contributed by atoms with Crippen molar-refractivity contribution in [3.05, 3.63) is 48.2 Å². The van der Waals surface area contributed by atoms with Crippen LogP contribution in [0.15, 0.2) is 42.6 Å². The van der Waals surface area contributed by atoms with E-state index in [0.29, 0.717) is 13.2 Å². The number of carbonyl (C=O) groups excluding carboxylic acids is 1. The SMILES string of the molecule is CCOc1ccc(NC(=O)NCc2ccnc(N3CCN(C)CC3)c2)cc1. The normalized spacial score (nSPS) is 14.7. The number of hydrogen-bond acceptors (Lipinski definition) is 5. The molecule has 1 aliphatic heterocycles. The van der Waals surface area contributed by atoms with Gasteiger partial charge in [-0.1, -0.05) is 0 Å². The number of nitrogens with one attached hydrogen (secondary N) is 2. The first-order valence-electron chi connectivity index (χ1n) is 9.30. The first-order chi connectivity index (χ1) is 13.1. The molecule has 1 aromatic carbocycles. The van der Waals surface area contributed by atoms with Crippen molar-refractivity contribution in [2.24, 2.45) is 0 Å². The number of urea groups is 1. The lowest BCUT2D eigenvalue weighted by Crippen LogP contribution is -2.44. The van der Waals surface area contributed by atoms with Crippen LogP contribution in [-0.4, -0.2) is 55.7 Å². The fraction of sp³-hybridized carbons (Fsp3) is 0.400. The topological polar surface area (TPSA) is 69.7 Å². The van der Waals surface area contributed by atoms with Crippen molar-refractivity contribution < 1.29 is 9.53 Å². The fourth-order valence-corrected chi connectivity index (χ4v) is 2.94. The molecule has 2 heterocycles. The van der Waals surface area contributed by atoms with E-state index in [9.17, 15) is 4.79 Å². The molecule has 1 aliphatic rings. The lowest BCUT2D eigenvalue weighted by Gasteiger charge is -2.33. The van der Waals surface area contributed by atoms with E-state index in [2.05, 4.69) is 32.5 Å². The van der Waals surface area contributed by atoms with E-state index in [1.807, 2.05) is 43.3 Å². The summed E-state index contributed by atoms with van der Waals surface area (Å²) in [6.45, 7) is 7.02. The van der Waals surface area contributed by atoms with Gasteiger partial charge >= 0.3 is 6.03 Å². The summed E-state index contributed by atoms with van der Waals surface area (Å²) in [6.07, 6.45) is 1.80. The van der Waals surface area contributed by atoms with Crippen molar-refractivity contribution in [3.63, 3.8) is 0 Å². The highest BCUT2D eigenvalue weighted by Gasteiger charge is 2.15. The molecule has 1 fully saturated rings. The van der Waals surface area contributed by atoms with Gasteiger partial charge in [-0.05, 0) is 55.9 Å². The highest BCUT2D eigenvalue weighted by Crippen LogP contribution is 2.16. The van der Waals surface area contributed by atoms with Gasteiger partial charge in [-0.15, -0.1) is 0 Å². The van der Waals surface area contributed by atoms with E-state index in [4.69, 9.17) is 4.74 Å². The Morgan fingerprint density at radius 1 is 1.15 bits per heavy atom. The quantitative estimate of drug-likeness (QED) is 0.819. The van der Waals surface area contributed by atoms with Crippen LogP contribution in [-0.2, 0) is 6.54 Å². The number of amides is 2. The molecular formula is C20H27N5O2. The minimum Gasteiger partial charge on any atom is -0.494 e. The Morgan fingerprint density at radius 2 is 1.89 bits per heavy atom. The summed E-state index contributed by atoms with van der Waals surface area (Å²) >= 11 is 0. The van der Waals surface area contributed by atoms with E-state index in [1.54, 1.807) is 6.20 Å². The number of rotatable bonds is 6. The molecule has 0 bridgehead atoms. The van der Waals surface area contributed by atoms with E-state index in [-0.39, 0.29) is 6.03 Å². The average molecular weight is 369 g/mol. The van der Waals surface area contributed by atoms with E-state index in [0.717, 1.165) is 49.0 Å². The van der Waals surface area contributed by atoms with Gasteiger partial charge in [0, 0.05) is 44.6 Å². The van der Waals surface area contributed by atoms with Gasteiger partial charge < -0.3 is 25.2 Å². The number of ether oxygens (including phenoxy) is 1. The Morgan fingerprint density at radius 3 is 2.59 bits per heavy atom. The van der Waals surface area contributed by atoms with Crippen LogP contribution in [0, 0.1) is 0 Å². The third-order valence-corrected chi connectivity index (χ3v) is 4.51. The van der Waals surface area contributed by atoms with Crippen molar-refractivity contribution in [1.29, 1.82) is 0 Å². The van der Waals surface area contributed by atoms with Crippen LogP contribution in [0.5, 0.6) is 5.75 Å². The molecule has 7 nitrogen and oxygen atoms in total. The Labute approximate surface area is 160 Å². The van der Waals surface area contributed by atoms with Crippen LogP contribution in [0.1, 0.15) is 12.5 Å². The molecule has 3 rings (SSSR count). The zero-order valence-corrected chi connectivity index (χ0v) is 15.9. The Kier molecular flexibility index (Phi) is 6.49. The van der Waals surface area contributed by atoms with Gasteiger partial charge in [-0.3, -0.25) is 0 Å². The fourth-order valence-electron chi connectivity index (χ4n) is 2.94. The van der Waals surface area contributed by atoms with Crippen LogP contribution in [0.2, 0.25) is 0 Å². The van der Waals surface area contributed by atoms with E-state index < -0.39 is 0 Å². The molecule has 0 spiro atoms. The Hall–Kier alpha value is -2.80. The van der Waals surface area contributed by atoms with Crippen LogP contribution in [0.3, 0.4) is 0 Å². The number of piperazine rings is 1. The molecule has 1 aromatic heterocycles. The molecule has 2 aromatic rings. The molecule has 2 amide bonds. The molecule has 0 aliphatic carbocycles. The predicted molar refractivity (Wildman–Crippen MR) is 107 cm³/mol. The molecule has 2 N–H and O–H groups in total. The Bertz CT molecular complexity index is 742. The third kappa shape index (κ3) is 5.59. The highest BCUT2D eigenvalue weighted by molar-refractivity contribution is 5.89. The van der Waals surface area contributed by atoms with Gasteiger partial charge in [0.1, 0.15) is 11.6 Å². The number of hydrogen-bond donors (Lipinski definition) is 2. The molecule has 0 saturated carbocycles. The van der Waals surface area contributed by atoms with Gasteiger partial charge in [-0.2, -0.15) is 0 Å². The van der Waals surface area contributed by atoms with Crippen LogP contribution in [0.25, 0.3) is 0 Å². The minimum absolute atomic E-state index is 0.239. The predicted octanol–water partition coefficient (Wildman–Crippen LogP) is 2.55. The first-order valence-corrected chi connectivity index (χ1v) is 9.30. The molecule has 0 unspecified atom stereocenters. The molecule has 0 radical (unpaired) electrons. The number of pyridine rings is 1. The number of likely N-dealkylation sites (N-methyl/N-ethyl adjacent to an activating group) is 1. The highest BCUT2D eigenvalue weighted by atomic mass is 16.5. The summed E-state index contributed by atoms with van der Waals surface area (Å²) in [6, 6.07) is 11.1. The van der Waals surface area contributed by atoms with Crippen molar-refractivity contribution in [1.82, 2.24) is 15.2 Å². The first kappa shape index (κ1) is 19.0. The minimum atomic E-state index is -0.239. The van der Waals surface area contributed by atoms with Crippen molar-refractivity contribution in [2.75, 3.05) is 50.1 Å². The molecule has 144 valence electrons. The second-order valence-electron chi connectivity index (χ2n) is 6.58. The van der Waals surface area contributed by atoms with E-state index in [1.165, 1.54) is 0 Å². The van der Waals surface area contributed by atoms with Gasteiger partial charge in [0.25, 0.3) is 0 Å². The summed E-state index contributed by atoms with van der Waals surface area (Å²) in [5.41, 5.74) is 1.75. The van der Waals surface area contributed by atoms with Crippen molar-refractivity contribution in [3.8, 4) is 5.75 Å². The molecule has 27 heavy (non-hydrogen) atoms. The largest absolute Gasteiger partial charge is 0.494 e. The van der Waals surface area contributed by atoms with Gasteiger partial charge in [0.15, 0.2) is 0 Å². The third-order valence-electron chi connectivity index (χ3n) is 4.51. The summed E-state index contributed by atoms with van der Waals surface area (Å²) in [7, 11) is 2.13. The summed E-state index contributed by atoms with van der Waals surface area (Å²) < 4.78 is 5.40. The summed E-state index contributed by atoms with van der Waals surface area (Å²) in [4.78, 5) is 21.2. The summed E-state index contributed by atoms with van der Waals surface area (Å²) in [5.74, 6) is 1.76. The van der Waals surface area contributed by atoms with Crippen molar-refractivity contribution >= 4 is 17.5 Å². The molecular weight excluding hydrogens is 342 g/mol. The second kappa shape index (κ2) is 9.23. The van der Waals surface area contributed by atoms with Crippen LogP contribution < -0.4 is 20.3 Å².